The van der Waals surface area contributed by atoms with E-state index in [1.165, 1.54) is 5.69 Å². The number of nitrogens with zero attached hydrogens (tertiary/aromatic N) is 1. The van der Waals surface area contributed by atoms with Gasteiger partial charge in [0.2, 0.25) is 0 Å². The van der Waals surface area contributed by atoms with E-state index in [2.05, 4.69) is 29.3 Å². The monoisotopic (exact) mass is 244 g/mol. The second kappa shape index (κ2) is 6.87. The summed E-state index contributed by atoms with van der Waals surface area (Å²) in [5.41, 5.74) is 1.17. The predicted octanol–water partition coefficient (Wildman–Crippen LogP) is 3.21. The summed E-state index contributed by atoms with van der Waals surface area (Å²) in [5, 5.41) is 3.42. The molecule has 0 atom stereocenters. The van der Waals surface area contributed by atoms with Gasteiger partial charge in [-0.25, -0.2) is 0 Å². The largest absolute Gasteiger partial charge is 0.468 e. The lowest BCUT2D eigenvalue weighted by atomic mass is 10.3. The first kappa shape index (κ1) is 12.7. The zero-order valence-electron chi connectivity index (χ0n) is 10.8. The van der Waals surface area contributed by atoms with Gasteiger partial charge < -0.3 is 9.73 Å². The molecule has 18 heavy (non-hydrogen) atoms. The van der Waals surface area contributed by atoms with Crippen LogP contribution in [-0.4, -0.2) is 24.5 Å². The molecule has 96 valence electrons. The van der Waals surface area contributed by atoms with Crippen molar-refractivity contribution in [1.82, 2.24) is 4.90 Å². The van der Waals surface area contributed by atoms with E-state index < -0.39 is 0 Å². The molecule has 3 heteroatoms. The molecule has 1 aromatic carbocycles. The summed E-state index contributed by atoms with van der Waals surface area (Å²) >= 11 is 0. The highest BCUT2D eigenvalue weighted by Crippen LogP contribution is 2.06. The van der Waals surface area contributed by atoms with Crippen molar-refractivity contribution in [2.45, 2.75) is 13.5 Å². The summed E-state index contributed by atoms with van der Waals surface area (Å²) in [5.74, 6) is 1.02. The van der Waals surface area contributed by atoms with Crippen molar-refractivity contribution in [3.05, 3.63) is 54.5 Å². The molecule has 0 fully saturated rings. The van der Waals surface area contributed by atoms with Crippen LogP contribution in [0.15, 0.2) is 53.1 Å². The van der Waals surface area contributed by atoms with Gasteiger partial charge >= 0.3 is 0 Å². The number of nitrogens with one attached hydrogen (secondary N) is 1. The molecule has 0 saturated carbocycles. The Kier molecular flexibility index (Phi) is 4.85. The van der Waals surface area contributed by atoms with E-state index in [9.17, 15) is 0 Å². The maximum atomic E-state index is 5.37. The molecule has 0 spiro atoms. The highest BCUT2D eigenvalue weighted by atomic mass is 16.3. The number of para-hydroxylation sites is 1. The Morgan fingerprint density at radius 1 is 1.11 bits per heavy atom. The van der Waals surface area contributed by atoms with Gasteiger partial charge in [0.05, 0.1) is 12.8 Å². The quantitative estimate of drug-likeness (QED) is 0.810. The van der Waals surface area contributed by atoms with Crippen molar-refractivity contribution in [2.24, 2.45) is 0 Å². The Labute approximate surface area is 108 Å². The minimum absolute atomic E-state index is 0.875. The molecule has 0 unspecified atom stereocenters. The van der Waals surface area contributed by atoms with Crippen molar-refractivity contribution in [1.29, 1.82) is 0 Å². The standard InChI is InChI=1S/C15H20N2O/c1-2-17(13-15-9-6-12-18-15)11-10-16-14-7-4-3-5-8-14/h3-9,12,16H,2,10-11,13H2,1H3. The van der Waals surface area contributed by atoms with Crippen LogP contribution in [0.4, 0.5) is 5.69 Å². The molecule has 0 aliphatic rings. The lowest BCUT2D eigenvalue weighted by molar-refractivity contribution is 0.265. The van der Waals surface area contributed by atoms with Gasteiger partial charge in [0.25, 0.3) is 0 Å². The van der Waals surface area contributed by atoms with E-state index in [0.717, 1.165) is 31.9 Å². The molecule has 1 aromatic heterocycles. The van der Waals surface area contributed by atoms with Crippen molar-refractivity contribution in [3.8, 4) is 0 Å². The third-order valence-corrected chi connectivity index (χ3v) is 2.94. The van der Waals surface area contributed by atoms with E-state index in [0.29, 0.717) is 0 Å². The number of likely N-dealkylation sites (N-methyl/N-ethyl adjacent to an activating group) is 1. The van der Waals surface area contributed by atoms with Crippen LogP contribution in [0.25, 0.3) is 0 Å². The lowest BCUT2D eigenvalue weighted by Crippen LogP contribution is -2.28. The molecule has 2 aromatic rings. The fourth-order valence-electron chi connectivity index (χ4n) is 1.89. The number of rotatable bonds is 7. The van der Waals surface area contributed by atoms with E-state index in [1.807, 2.05) is 30.3 Å². The van der Waals surface area contributed by atoms with Gasteiger partial charge in [-0.15, -0.1) is 0 Å². The first-order valence-electron chi connectivity index (χ1n) is 6.42. The molecule has 0 radical (unpaired) electrons. The smallest absolute Gasteiger partial charge is 0.117 e. The van der Waals surface area contributed by atoms with E-state index in [1.54, 1.807) is 6.26 Å². The van der Waals surface area contributed by atoms with Crippen molar-refractivity contribution < 1.29 is 4.42 Å². The zero-order valence-corrected chi connectivity index (χ0v) is 10.8. The van der Waals surface area contributed by atoms with Crippen LogP contribution in [0.2, 0.25) is 0 Å². The minimum atomic E-state index is 0.875. The minimum Gasteiger partial charge on any atom is -0.468 e. The number of benzene rings is 1. The average molecular weight is 244 g/mol. The SMILES string of the molecule is CCN(CCNc1ccccc1)Cc1ccco1. The Morgan fingerprint density at radius 3 is 2.61 bits per heavy atom. The van der Waals surface area contributed by atoms with Gasteiger partial charge in [-0.3, -0.25) is 4.90 Å². The Morgan fingerprint density at radius 2 is 1.94 bits per heavy atom. The average Bonchev–Trinajstić information content (AvgIpc) is 2.92. The number of furan rings is 1. The molecule has 0 saturated heterocycles. The first-order chi connectivity index (χ1) is 8.88. The first-order valence-corrected chi connectivity index (χ1v) is 6.42. The van der Waals surface area contributed by atoms with Gasteiger partial charge in [0.1, 0.15) is 5.76 Å². The Bertz CT molecular complexity index is 425. The van der Waals surface area contributed by atoms with Gasteiger partial charge in [0.15, 0.2) is 0 Å². The normalized spacial score (nSPS) is 10.8. The van der Waals surface area contributed by atoms with E-state index in [4.69, 9.17) is 4.42 Å². The molecule has 0 amide bonds. The van der Waals surface area contributed by atoms with Crippen molar-refractivity contribution in [3.63, 3.8) is 0 Å². The second-order valence-electron chi connectivity index (χ2n) is 4.24. The summed E-state index contributed by atoms with van der Waals surface area (Å²) in [6.07, 6.45) is 1.73. The molecule has 0 aliphatic carbocycles. The summed E-state index contributed by atoms with van der Waals surface area (Å²) in [6.45, 7) is 6.02. The third-order valence-electron chi connectivity index (χ3n) is 2.94. The summed E-state index contributed by atoms with van der Waals surface area (Å²) in [4.78, 5) is 2.36. The van der Waals surface area contributed by atoms with Gasteiger partial charge in [-0.2, -0.15) is 0 Å². The molecule has 1 N–H and O–H groups in total. The highest BCUT2D eigenvalue weighted by Gasteiger charge is 2.04. The zero-order chi connectivity index (χ0) is 12.6. The van der Waals surface area contributed by atoms with Gasteiger partial charge in [-0.1, -0.05) is 25.1 Å². The van der Waals surface area contributed by atoms with Crippen LogP contribution in [-0.2, 0) is 6.54 Å². The van der Waals surface area contributed by atoms with Crippen LogP contribution >= 0.6 is 0 Å². The number of hydrogen-bond donors (Lipinski definition) is 1. The summed E-state index contributed by atoms with van der Waals surface area (Å²) in [6, 6.07) is 14.2. The van der Waals surface area contributed by atoms with Crippen LogP contribution < -0.4 is 5.32 Å². The molecule has 3 nitrogen and oxygen atoms in total. The summed E-state index contributed by atoms with van der Waals surface area (Å²) < 4.78 is 5.37. The van der Waals surface area contributed by atoms with Crippen molar-refractivity contribution in [2.75, 3.05) is 25.0 Å². The third kappa shape index (κ3) is 3.93. The molecule has 2 rings (SSSR count). The fourth-order valence-corrected chi connectivity index (χ4v) is 1.89. The fraction of sp³-hybridized carbons (Fsp3) is 0.333. The second-order valence-corrected chi connectivity index (χ2v) is 4.24. The van der Waals surface area contributed by atoms with Gasteiger partial charge in [-0.05, 0) is 30.8 Å². The van der Waals surface area contributed by atoms with Crippen LogP contribution in [0.3, 0.4) is 0 Å². The lowest BCUT2D eigenvalue weighted by Gasteiger charge is -2.19. The maximum absolute atomic E-state index is 5.37. The van der Waals surface area contributed by atoms with Crippen LogP contribution in [0, 0.1) is 0 Å². The highest BCUT2D eigenvalue weighted by molar-refractivity contribution is 5.42. The molecular formula is C15H20N2O. The van der Waals surface area contributed by atoms with Crippen molar-refractivity contribution >= 4 is 5.69 Å². The van der Waals surface area contributed by atoms with E-state index >= 15 is 0 Å². The molecule has 0 bridgehead atoms. The predicted molar refractivity (Wildman–Crippen MR) is 74.6 cm³/mol. The van der Waals surface area contributed by atoms with E-state index in [-0.39, 0.29) is 0 Å². The maximum Gasteiger partial charge on any atom is 0.117 e. The molecule has 1 heterocycles. The molecule has 0 aliphatic heterocycles. The van der Waals surface area contributed by atoms with Crippen LogP contribution in [0.5, 0.6) is 0 Å². The number of anilines is 1. The van der Waals surface area contributed by atoms with Gasteiger partial charge in [0, 0.05) is 18.8 Å². The number of hydrogen-bond acceptors (Lipinski definition) is 3. The van der Waals surface area contributed by atoms with Crippen LogP contribution in [0.1, 0.15) is 12.7 Å². The topological polar surface area (TPSA) is 28.4 Å². The molecular weight excluding hydrogens is 224 g/mol. The Hall–Kier alpha value is -1.74. The Balaban J connectivity index is 1.74. The summed E-state index contributed by atoms with van der Waals surface area (Å²) in [7, 11) is 0.